The van der Waals surface area contributed by atoms with Crippen molar-refractivity contribution in [2.45, 2.75) is 12.6 Å². The molecule has 1 atom stereocenters. The molecule has 2 N–H and O–H groups in total. The van der Waals surface area contributed by atoms with Gasteiger partial charge in [0, 0.05) is 55.6 Å². The van der Waals surface area contributed by atoms with E-state index in [-0.39, 0.29) is 24.0 Å². The zero-order chi connectivity index (χ0) is 16.5. The maximum Gasteiger partial charge on any atom is 0.272 e. The molecule has 3 heterocycles. The molecule has 1 aliphatic rings. The second-order valence-electron chi connectivity index (χ2n) is 5.99. The smallest absolute Gasteiger partial charge is 0.272 e. The first-order valence-corrected chi connectivity index (χ1v) is 8.35. The van der Waals surface area contributed by atoms with E-state index in [1.54, 1.807) is 18.3 Å². The van der Waals surface area contributed by atoms with E-state index in [2.05, 4.69) is 26.4 Å². The first-order chi connectivity index (χ1) is 11.7. The Kier molecular flexibility index (Phi) is 5.44. The fourth-order valence-electron chi connectivity index (χ4n) is 3.24. The number of rotatable bonds is 3. The number of hydrogen-bond donors (Lipinski definition) is 2. The summed E-state index contributed by atoms with van der Waals surface area (Å²) in [6.45, 7) is 3.30. The molecule has 3 aromatic rings. The third-order valence-electron chi connectivity index (χ3n) is 4.39. The van der Waals surface area contributed by atoms with E-state index >= 15 is 0 Å². The largest absolute Gasteiger partial charge is 0.314 e. The number of H-pyrrole nitrogens is 1. The number of nitrogens with one attached hydrogen (secondary N) is 2. The standard InChI is InChI=1S/C17H18ClN5O.ClH/c18-13-3-1-2-12(8-13)15-10-19-6-7-22(15)11-14-9-17(24)23-16(21-14)4-5-20-23;/h1-5,8-9,15,19-20H,6-7,10-11H2;1H. The predicted molar refractivity (Wildman–Crippen MR) is 101 cm³/mol. The summed E-state index contributed by atoms with van der Waals surface area (Å²) in [6, 6.07) is 11.6. The van der Waals surface area contributed by atoms with Gasteiger partial charge in [0.25, 0.3) is 5.56 Å². The van der Waals surface area contributed by atoms with Crippen molar-refractivity contribution < 1.29 is 0 Å². The van der Waals surface area contributed by atoms with Crippen LogP contribution >= 0.6 is 24.0 Å². The van der Waals surface area contributed by atoms with Crippen LogP contribution < -0.4 is 10.9 Å². The third-order valence-corrected chi connectivity index (χ3v) is 4.62. The summed E-state index contributed by atoms with van der Waals surface area (Å²) in [5.41, 5.74) is 2.52. The Bertz CT molecular complexity index is 923. The fraction of sp³-hybridized carbons (Fsp3) is 0.294. The van der Waals surface area contributed by atoms with Crippen molar-refractivity contribution in [3.8, 4) is 0 Å². The molecule has 1 saturated heterocycles. The number of benzene rings is 1. The molecule has 0 amide bonds. The van der Waals surface area contributed by atoms with Gasteiger partial charge in [-0.2, -0.15) is 0 Å². The summed E-state index contributed by atoms with van der Waals surface area (Å²) in [6.07, 6.45) is 1.72. The minimum absolute atomic E-state index is 0. The Labute approximate surface area is 156 Å². The molecule has 0 aliphatic carbocycles. The molecule has 8 heteroatoms. The molecule has 1 unspecified atom stereocenters. The lowest BCUT2D eigenvalue weighted by Gasteiger charge is -2.36. The number of aromatic amines is 1. The summed E-state index contributed by atoms with van der Waals surface area (Å²) in [7, 11) is 0. The van der Waals surface area contributed by atoms with Gasteiger partial charge in [0.05, 0.1) is 5.69 Å². The highest BCUT2D eigenvalue weighted by Gasteiger charge is 2.24. The van der Waals surface area contributed by atoms with Crippen molar-refractivity contribution in [1.29, 1.82) is 0 Å². The minimum Gasteiger partial charge on any atom is -0.314 e. The van der Waals surface area contributed by atoms with Crippen molar-refractivity contribution >= 4 is 29.7 Å². The number of piperazine rings is 1. The molecule has 2 aromatic heterocycles. The highest BCUT2D eigenvalue weighted by atomic mass is 35.5. The number of fused-ring (bicyclic) bond motifs is 1. The van der Waals surface area contributed by atoms with Crippen LogP contribution in [0.2, 0.25) is 5.02 Å². The molecular formula is C17H19Cl2N5O. The summed E-state index contributed by atoms with van der Waals surface area (Å²) in [5, 5.41) is 7.03. The molecule has 0 saturated carbocycles. The zero-order valence-electron chi connectivity index (χ0n) is 13.5. The van der Waals surface area contributed by atoms with Crippen LogP contribution in [0.1, 0.15) is 17.3 Å². The number of hydrogen-bond acceptors (Lipinski definition) is 4. The van der Waals surface area contributed by atoms with Gasteiger partial charge in [-0.05, 0) is 17.7 Å². The van der Waals surface area contributed by atoms with Crippen molar-refractivity contribution in [3.05, 3.63) is 69.2 Å². The van der Waals surface area contributed by atoms with Crippen molar-refractivity contribution in [2.24, 2.45) is 0 Å². The van der Waals surface area contributed by atoms with Crippen molar-refractivity contribution in [3.63, 3.8) is 0 Å². The van der Waals surface area contributed by atoms with Crippen molar-refractivity contribution in [2.75, 3.05) is 19.6 Å². The molecule has 25 heavy (non-hydrogen) atoms. The lowest BCUT2D eigenvalue weighted by Crippen LogP contribution is -2.45. The Morgan fingerprint density at radius 2 is 2.16 bits per heavy atom. The summed E-state index contributed by atoms with van der Waals surface area (Å²) < 4.78 is 1.44. The van der Waals surface area contributed by atoms with Gasteiger partial charge in [-0.1, -0.05) is 23.7 Å². The van der Waals surface area contributed by atoms with Gasteiger partial charge in [0.15, 0.2) is 5.65 Å². The van der Waals surface area contributed by atoms with Crippen LogP contribution in [-0.4, -0.2) is 39.1 Å². The van der Waals surface area contributed by atoms with Crippen LogP contribution in [0, 0.1) is 0 Å². The molecule has 1 fully saturated rings. The molecule has 0 radical (unpaired) electrons. The van der Waals surface area contributed by atoms with Crippen LogP contribution in [0.15, 0.2) is 47.4 Å². The van der Waals surface area contributed by atoms with Crippen molar-refractivity contribution in [1.82, 2.24) is 24.8 Å². The first kappa shape index (κ1) is 17.9. The molecule has 132 valence electrons. The number of halogens is 2. The molecule has 0 spiro atoms. The summed E-state index contributed by atoms with van der Waals surface area (Å²) in [5.74, 6) is 0. The van der Waals surface area contributed by atoms with Gasteiger partial charge in [-0.15, -0.1) is 12.4 Å². The first-order valence-electron chi connectivity index (χ1n) is 7.97. The highest BCUT2D eigenvalue weighted by molar-refractivity contribution is 6.30. The molecule has 6 nitrogen and oxygen atoms in total. The van der Waals surface area contributed by atoms with E-state index in [0.717, 1.165) is 30.4 Å². The average molecular weight is 380 g/mol. The SMILES string of the molecule is Cl.O=c1cc(CN2CCNCC2c2cccc(Cl)c2)nc2cc[nH]n12. The van der Waals surface area contributed by atoms with Gasteiger partial charge in [0.2, 0.25) is 0 Å². The lowest BCUT2D eigenvalue weighted by atomic mass is 10.0. The molecular weight excluding hydrogens is 361 g/mol. The van der Waals surface area contributed by atoms with Crippen LogP contribution in [0.5, 0.6) is 0 Å². The normalized spacial score (nSPS) is 18.2. The van der Waals surface area contributed by atoms with E-state index in [1.807, 2.05) is 18.2 Å². The van der Waals surface area contributed by atoms with E-state index in [1.165, 1.54) is 10.1 Å². The van der Waals surface area contributed by atoms with Gasteiger partial charge in [-0.25, -0.2) is 9.50 Å². The van der Waals surface area contributed by atoms with E-state index in [9.17, 15) is 4.79 Å². The maximum absolute atomic E-state index is 12.1. The Morgan fingerprint density at radius 3 is 3.00 bits per heavy atom. The van der Waals surface area contributed by atoms with E-state index < -0.39 is 0 Å². The number of aromatic nitrogens is 3. The fourth-order valence-corrected chi connectivity index (χ4v) is 3.44. The van der Waals surface area contributed by atoms with Gasteiger partial charge in [0.1, 0.15) is 0 Å². The Balaban J connectivity index is 0.00000182. The van der Waals surface area contributed by atoms with Gasteiger partial charge >= 0.3 is 0 Å². The Morgan fingerprint density at radius 1 is 1.28 bits per heavy atom. The summed E-state index contributed by atoms with van der Waals surface area (Å²) >= 11 is 6.15. The van der Waals surface area contributed by atoms with Crippen LogP contribution in [0.3, 0.4) is 0 Å². The molecule has 1 aromatic carbocycles. The van der Waals surface area contributed by atoms with Crippen LogP contribution in [0.25, 0.3) is 5.65 Å². The predicted octanol–water partition coefficient (Wildman–Crippen LogP) is 2.24. The number of nitrogens with zero attached hydrogens (tertiary/aromatic N) is 3. The maximum atomic E-state index is 12.1. The second kappa shape index (κ2) is 7.58. The average Bonchev–Trinajstić information content (AvgIpc) is 3.04. The van der Waals surface area contributed by atoms with E-state index in [4.69, 9.17) is 11.6 Å². The monoisotopic (exact) mass is 379 g/mol. The van der Waals surface area contributed by atoms with Gasteiger partial charge in [-0.3, -0.25) is 14.8 Å². The topological polar surface area (TPSA) is 65.4 Å². The molecule has 1 aliphatic heterocycles. The second-order valence-corrected chi connectivity index (χ2v) is 6.42. The van der Waals surface area contributed by atoms with E-state index in [0.29, 0.717) is 12.2 Å². The molecule has 0 bridgehead atoms. The van der Waals surface area contributed by atoms with Crippen LogP contribution in [0.4, 0.5) is 0 Å². The van der Waals surface area contributed by atoms with Gasteiger partial charge < -0.3 is 5.32 Å². The van der Waals surface area contributed by atoms with Crippen LogP contribution in [-0.2, 0) is 6.54 Å². The zero-order valence-corrected chi connectivity index (χ0v) is 15.1. The lowest BCUT2D eigenvalue weighted by molar-refractivity contribution is 0.152. The highest BCUT2D eigenvalue weighted by Crippen LogP contribution is 2.25. The Hall–Kier alpha value is -1.86. The summed E-state index contributed by atoms with van der Waals surface area (Å²) in [4.78, 5) is 19.1. The quantitative estimate of drug-likeness (QED) is 0.732. The minimum atomic E-state index is -0.0885. The molecule has 4 rings (SSSR count). The third kappa shape index (κ3) is 3.72.